The van der Waals surface area contributed by atoms with Gasteiger partial charge < -0.3 is 14.6 Å². The summed E-state index contributed by atoms with van der Waals surface area (Å²) in [6, 6.07) is 8.07. The van der Waals surface area contributed by atoms with E-state index in [0.29, 0.717) is 12.2 Å². The highest BCUT2D eigenvalue weighted by molar-refractivity contribution is 5.91. The van der Waals surface area contributed by atoms with Crippen LogP contribution in [0.1, 0.15) is 17.1 Å². The van der Waals surface area contributed by atoms with E-state index in [-0.39, 0.29) is 12.5 Å². The van der Waals surface area contributed by atoms with Crippen LogP contribution in [-0.4, -0.2) is 19.5 Å². The van der Waals surface area contributed by atoms with Gasteiger partial charge in [-0.15, -0.1) is 0 Å². The molecule has 124 valence electrons. The average Bonchev–Trinajstić information content (AvgIpc) is 2.83. The number of amides is 1. The van der Waals surface area contributed by atoms with Crippen molar-refractivity contribution in [1.82, 2.24) is 0 Å². The SMILES string of the molecule is Cc1ccc(C[NH+](C)CC(=O)Nc2ccc(C(F)(F)F)cc2)o1. The van der Waals surface area contributed by atoms with Crippen LogP contribution in [0.15, 0.2) is 40.8 Å². The molecule has 1 amide bonds. The summed E-state index contributed by atoms with van der Waals surface area (Å²) in [6.45, 7) is 2.57. The van der Waals surface area contributed by atoms with Crippen LogP contribution in [0.25, 0.3) is 0 Å². The van der Waals surface area contributed by atoms with E-state index in [1.54, 1.807) is 0 Å². The number of anilines is 1. The lowest BCUT2D eigenvalue weighted by atomic mass is 10.2. The maximum absolute atomic E-state index is 12.5. The van der Waals surface area contributed by atoms with E-state index in [0.717, 1.165) is 28.6 Å². The van der Waals surface area contributed by atoms with E-state index >= 15 is 0 Å². The largest absolute Gasteiger partial charge is 0.460 e. The number of carbonyl (C=O) groups excluding carboxylic acids is 1. The highest BCUT2D eigenvalue weighted by Crippen LogP contribution is 2.29. The summed E-state index contributed by atoms with van der Waals surface area (Å²) in [5.74, 6) is 1.31. The molecular weight excluding hydrogens is 309 g/mol. The minimum Gasteiger partial charge on any atom is -0.460 e. The second-order valence-corrected chi connectivity index (χ2v) is 5.45. The number of hydrogen-bond acceptors (Lipinski definition) is 2. The van der Waals surface area contributed by atoms with E-state index in [1.807, 2.05) is 26.1 Å². The standard InChI is InChI=1S/C16H17F3N2O2/c1-11-3-8-14(23-11)9-21(2)10-15(22)20-13-6-4-12(5-7-13)16(17,18)19/h3-8H,9-10H2,1-2H3,(H,20,22)/p+1. The first-order chi connectivity index (χ1) is 10.7. The number of quaternary nitrogens is 1. The predicted octanol–water partition coefficient (Wildman–Crippen LogP) is 2.26. The molecule has 1 atom stereocenters. The van der Waals surface area contributed by atoms with Crippen LogP contribution < -0.4 is 10.2 Å². The average molecular weight is 327 g/mol. The third kappa shape index (κ3) is 5.14. The van der Waals surface area contributed by atoms with Crippen molar-refractivity contribution in [3.05, 3.63) is 53.5 Å². The lowest BCUT2D eigenvalue weighted by molar-refractivity contribution is -0.886. The molecule has 2 N–H and O–H groups in total. The number of aryl methyl sites for hydroxylation is 1. The number of halogens is 3. The Kier molecular flexibility index (Phi) is 5.10. The van der Waals surface area contributed by atoms with Crippen molar-refractivity contribution in [2.24, 2.45) is 0 Å². The Morgan fingerprint density at radius 1 is 1.17 bits per heavy atom. The first-order valence-corrected chi connectivity index (χ1v) is 7.08. The van der Waals surface area contributed by atoms with Crippen LogP contribution in [-0.2, 0) is 17.5 Å². The smallest absolute Gasteiger partial charge is 0.416 e. The molecule has 0 fully saturated rings. The summed E-state index contributed by atoms with van der Waals surface area (Å²) >= 11 is 0. The fourth-order valence-corrected chi connectivity index (χ4v) is 2.16. The van der Waals surface area contributed by atoms with Gasteiger partial charge in [0.25, 0.3) is 5.91 Å². The molecule has 1 aromatic heterocycles. The number of nitrogens with one attached hydrogen (secondary N) is 2. The van der Waals surface area contributed by atoms with Gasteiger partial charge in [0.15, 0.2) is 12.3 Å². The second-order valence-electron chi connectivity index (χ2n) is 5.45. The molecule has 0 spiro atoms. The number of likely N-dealkylation sites (N-methyl/N-ethyl adjacent to an activating group) is 1. The molecule has 1 aromatic carbocycles. The molecule has 2 rings (SSSR count). The molecule has 4 nitrogen and oxygen atoms in total. The van der Waals surface area contributed by atoms with E-state index in [4.69, 9.17) is 4.42 Å². The first kappa shape index (κ1) is 17.1. The minimum absolute atomic E-state index is 0.181. The summed E-state index contributed by atoms with van der Waals surface area (Å²) in [5, 5.41) is 2.58. The van der Waals surface area contributed by atoms with E-state index in [9.17, 15) is 18.0 Å². The van der Waals surface area contributed by atoms with Gasteiger partial charge in [-0.05, 0) is 43.3 Å². The predicted molar refractivity (Wildman–Crippen MR) is 79.0 cm³/mol. The van der Waals surface area contributed by atoms with Gasteiger partial charge in [-0.2, -0.15) is 13.2 Å². The third-order valence-electron chi connectivity index (χ3n) is 3.23. The van der Waals surface area contributed by atoms with Gasteiger partial charge in [0.2, 0.25) is 0 Å². The molecule has 1 unspecified atom stereocenters. The number of hydrogen-bond donors (Lipinski definition) is 2. The zero-order valence-corrected chi connectivity index (χ0v) is 12.8. The van der Waals surface area contributed by atoms with E-state index in [1.165, 1.54) is 12.1 Å². The first-order valence-electron chi connectivity index (χ1n) is 7.08. The van der Waals surface area contributed by atoms with E-state index in [2.05, 4.69) is 5.32 Å². The highest BCUT2D eigenvalue weighted by atomic mass is 19.4. The Hall–Kier alpha value is -2.28. The molecular formula is C16H18F3N2O2+. The highest BCUT2D eigenvalue weighted by Gasteiger charge is 2.30. The Labute approximate surface area is 131 Å². The number of alkyl halides is 3. The maximum Gasteiger partial charge on any atom is 0.416 e. The van der Waals surface area contributed by atoms with Gasteiger partial charge in [-0.25, -0.2) is 0 Å². The number of benzene rings is 1. The van der Waals surface area contributed by atoms with Gasteiger partial charge in [0.1, 0.15) is 12.3 Å². The molecule has 0 radical (unpaired) electrons. The van der Waals surface area contributed by atoms with Crippen molar-refractivity contribution in [1.29, 1.82) is 0 Å². The molecule has 1 heterocycles. The third-order valence-corrected chi connectivity index (χ3v) is 3.23. The van der Waals surface area contributed by atoms with Gasteiger partial charge in [0, 0.05) is 5.69 Å². The summed E-state index contributed by atoms with van der Waals surface area (Å²) in [6.07, 6.45) is -4.38. The van der Waals surface area contributed by atoms with Gasteiger partial charge in [-0.1, -0.05) is 0 Å². The van der Waals surface area contributed by atoms with Crippen molar-refractivity contribution in [3.8, 4) is 0 Å². The molecule has 0 aliphatic heterocycles. The Bertz CT molecular complexity index is 663. The Balaban J connectivity index is 1.86. The summed E-state index contributed by atoms with van der Waals surface area (Å²) in [7, 11) is 1.84. The van der Waals surface area contributed by atoms with Crippen LogP contribution in [0.4, 0.5) is 18.9 Å². The van der Waals surface area contributed by atoms with Crippen LogP contribution in [0.5, 0.6) is 0 Å². The molecule has 2 aromatic rings. The van der Waals surface area contributed by atoms with Crippen LogP contribution in [0, 0.1) is 6.92 Å². The van der Waals surface area contributed by atoms with Gasteiger partial charge >= 0.3 is 6.18 Å². The zero-order chi connectivity index (χ0) is 17.0. The van der Waals surface area contributed by atoms with Crippen molar-refractivity contribution in [3.63, 3.8) is 0 Å². The monoisotopic (exact) mass is 327 g/mol. The van der Waals surface area contributed by atoms with Crippen molar-refractivity contribution in [2.45, 2.75) is 19.6 Å². The molecule has 0 saturated carbocycles. The molecule has 0 bridgehead atoms. The fraction of sp³-hybridized carbons (Fsp3) is 0.312. The molecule has 23 heavy (non-hydrogen) atoms. The molecule has 0 aliphatic rings. The van der Waals surface area contributed by atoms with Crippen LogP contribution in [0.2, 0.25) is 0 Å². The molecule has 0 saturated heterocycles. The molecule has 0 aliphatic carbocycles. The van der Waals surface area contributed by atoms with E-state index < -0.39 is 11.7 Å². The number of rotatable bonds is 5. The van der Waals surface area contributed by atoms with Crippen LogP contribution >= 0.6 is 0 Å². The number of furan rings is 1. The number of carbonyl (C=O) groups is 1. The van der Waals surface area contributed by atoms with Crippen molar-refractivity contribution in [2.75, 3.05) is 18.9 Å². The van der Waals surface area contributed by atoms with Crippen LogP contribution in [0.3, 0.4) is 0 Å². The quantitative estimate of drug-likeness (QED) is 0.885. The minimum atomic E-state index is -4.38. The second kappa shape index (κ2) is 6.87. The summed E-state index contributed by atoms with van der Waals surface area (Å²) < 4.78 is 42.8. The summed E-state index contributed by atoms with van der Waals surface area (Å²) in [5.41, 5.74) is -0.406. The van der Waals surface area contributed by atoms with Crippen molar-refractivity contribution < 1.29 is 27.3 Å². The van der Waals surface area contributed by atoms with Gasteiger partial charge in [0.05, 0.1) is 12.6 Å². The Morgan fingerprint density at radius 2 is 1.83 bits per heavy atom. The normalized spacial score (nSPS) is 12.9. The fourth-order valence-electron chi connectivity index (χ4n) is 2.16. The Morgan fingerprint density at radius 3 is 2.35 bits per heavy atom. The zero-order valence-electron chi connectivity index (χ0n) is 12.8. The summed E-state index contributed by atoms with van der Waals surface area (Å²) in [4.78, 5) is 12.8. The van der Waals surface area contributed by atoms with Crippen molar-refractivity contribution >= 4 is 11.6 Å². The maximum atomic E-state index is 12.5. The lowest BCUT2D eigenvalue weighted by Gasteiger charge is -2.13. The topological polar surface area (TPSA) is 46.7 Å². The van der Waals surface area contributed by atoms with Gasteiger partial charge in [-0.3, -0.25) is 4.79 Å². The lowest BCUT2D eigenvalue weighted by Crippen LogP contribution is -3.08. The molecule has 7 heteroatoms.